The number of fused-ring (bicyclic) bond motifs is 1. The molecule has 0 aliphatic carbocycles. The number of cyclic esters (lactones) is 1. The van der Waals surface area contributed by atoms with Gasteiger partial charge in [-0.05, 0) is 24.1 Å². The summed E-state index contributed by atoms with van der Waals surface area (Å²) >= 11 is 0. The summed E-state index contributed by atoms with van der Waals surface area (Å²) in [5, 5.41) is 6.28. The number of carbonyl (C=O) groups excluding carboxylic acids is 2. The number of azide groups is 1. The van der Waals surface area contributed by atoms with Gasteiger partial charge in [-0.1, -0.05) is 5.11 Å². The Morgan fingerprint density at radius 1 is 1.50 bits per heavy atom. The topological polar surface area (TPSA) is 130 Å². The second-order valence-electron chi connectivity index (χ2n) is 4.71. The van der Waals surface area contributed by atoms with Crippen LogP contribution in [0.4, 0.5) is 16.3 Å². The van der Waals surface area contributed by atoms with E-state index in [9.17, 15) is 9.59 Å². The number of ether oxygens (including phenoxy) is 2. The van der Waals surface area contributed by atoms with Crippen molar-refractivity contribution in [3.05, 3.63) is 22.6 Å². The Balaban J connectivity index is 1.74. The van der Waals surface area contributed by atoms with Gasteiger partial charge in [-0.3, -0.25) is 4.90 Å². The molecular weight excluding hydrogens is 292 g/mol. The van der Waals surface area contributed by atoms with Crippen molar-refractivity contribution in [1.82, 2.24) is 4.98 Å². The highest BCUT2D eigenvalue weighted by atomic mass is 16.6. The minimum absolute atomic E-state index is 0.0846. The lowest BCUT2D eigenvalue weighted by molar-refractivity contribution is -0.133. The van der Waals surface area contributed by atoms with E-state index in [2.05, 4.69) is 20.3 Å². The number of rotatable bonds is 4. The predicted molar refractivity (Wildman–Crippen MR) is 74.6 cm³/mol. The minimum Gasteiger partial charge on any atom is -0.444 e. The molecule has 0 aromatic carbocycles. The standard InChI is InChI=1S/C12H12N6O4/c13-17-15-4-3-7-6-18(12(20)21-7)9-2-1-8-11(16-9)22-10(19)5-14-8/h1-2,7,14H,3-6H2. The van der Waals surface area contributed by atoms with E-state index in [0.717, 1.165) is 0 Å². The lowest BCUT2D eigenvalue weighted by atomic mass is 10.2. The molecule has 1 amide bonds. The molecule has 0 saturated carbocycles. The lowest BCUT2D eigenvalue weighted by Gasteiger charge is -2.19. The number of esters is 1. The van der Waals surface area contributed by atoms with E-state index in [-0.39, 0.29) is 25.1 Å². The van der Waals surface area contributed by atoms with Crippen LogP contribution in [0.25, 0.3) is 10.4 Å². The quantitative estimate of drug-likeness (QED) is 0.387. The van der Waals surface area contributed by atoms with Gasteiger partial charge in [0.05, 0.1) is 12.2 Å². The summed E-state index contributed by atoms with van der Waals surface area (Å²) in [5.41, 5.74) is 8.83. The van der Waals surface area contributed by atoms with Gasteiger partial charge in [0.1, 0.15) is 18.5 Å². The van der Waals surface area contributed by atoms with Crippen molar-refractivity contribution in [3.8, 4) is 5.88 Å². The van der Waals surface area contributed by atoms with Gasteiger partial charge in [-0.2, -0.15) is 4.98 Å². The highest BCUT2D eigenvalue weighted by Crippen LogP contribution is 2.30. The fraction of sp³-hybridized carbons (Fsp3) is 0.417. The second kappa shape index (κ2) is 5.78. The Hall–Kier alpha value is -3.00. The molecule has 22 heavy (non-hydrogen) atoms. The summed E-state index contributed by atoms with van der Waals surface area (Å²) in [4.78, 5) is 31.3. The third-order valence-corrected chi connectivity index (χ3v) is 3.24. The molecule has 1 saturated heterocycles. The van der Waals surface area contributed by atoms with Gasteiger partial charge in [0, 0.05) is 11.5 Å². The SMILES string of the molecule is [N-]=[N+]=NCCC1CN(c2ccc3c(n2)OC(=O)CN3)C(=O)O1. The maximum absolute atomic E-state index is 11.9. The molecule has 2 aliphatic rings. The third kappa shape index (κ3) is 2.72. The van der Waals surface area contributed by atoms with Crippen LogP contribution in [0.2, 0.25) is 0 Å². The number of amides is 1. The Bertz CT molecular complexity index is 672. The first kappa shape index (κ1) is 14.0. The summed E-state index contributed by atoms with van der Waals surface area (Å²) < 4.78 is 10.2. The second-order valence-corrected chi connectivity index (χ2v) is 4.71. The molecule has 2 aliphatic heterocycles. The average molecular weight is 304 g/mol. The number of carbonyl (C=O) groups is 2. The molecule has 3 heterocycles. The molecule has 114 valence electrons. The Morgan fingerprint density at radius 3 is 3.18 bits per heavy atom. The van der Waals surface area contributed by atoms with Crippen LogP contribution >= 0.6 is 0 Å². The van der Waals surface area contributed by atoms with E-state index in [1.165, 1.54) is 4.90 Å². The zero-order valence-electron chi connectivity index (χ0n) is 11.4. The Kier molecular flexibility index (Phi) is 3.67. The fourth-order valence-electron chi connectivity index (χ4n) is 2.21. The van der Waals surface area contributed by atoms with Crippen molar-refractivity contribution in [2.45, 2.75) is 12.5 Å². The molecule has 1 fully saturated rings. The van der Waals surface area contributed by atoms with Crippen LogP contribution in [0, 0.1) is 0 Å². The Morgan fingerprint density at radius 2 is 2.36 bits per heavy atom. The van der Waals surface area contributed by atoms with Crippen LogP contribution in [0.3, 0.4) is 0 Å². The van der Waals surface area contributed by atoms with Gasteiger partial charge in [0.15, 0.2) is 0 Å². The highest BCUT2D eigenvalue weighted by Gasteiger charge is 2.33. The average Bonchev–Trinajstić information content (AvgIpc) is 2.87. The normalized spacial score (nSPS) is 19.6. The Labute approximate surface area is 124 Å². The molecule has 3 rings (SSSR count). The van der Waals surface area contributed by atoms with E-state index >= 15 is 0 Å². The zero-order valence-corrected chi connectivity index (χ0v) is 11.4. The first-order valence-corrected chi connectivity index (χ1v) is 6.62. The zero-order chi connectivity index (χ0) is 15.5. The van der Waals surface area contributed by atoms with Gasteiger partial charge in [0.25, 0.3) is 0 Å². The first-order valence-electron chi connectivity index (χ1n) is 6.62. The fourth-order valence-corrected chi connectivity index (χ4v) is 2.21. The number of nitrogens with one attached hydrogen (secondary N) is 1. The van der Waals surface area contributed by atoms with Gasteiger partial charge in [0.2, 0.25) is 5.88 Å². The van der Waals surface area contributed by atoms with Crippen LogP contribution in [0.15, 0.2) is 17.2 Å². The maximum Gasteiger partial charge on any atom is 0.415 e. The molecule has 10 nitrogen and oxygen atoms in total. The molecule has 0 spiro atoms. The van der Waals surface area contributed by atoms with Crippen molar-refractivity contribution in [3.63, 3.8) is 0 Å². The van der Waals surface area contributed by atoms with E-state index in [0.29, 0.717) is 24.5 Å². The molecule has 1 aromatic heterocycles. The minimum atomic E-state index is -0.534. The number of anilines is 2. The van der Waals surface area contributed by atoms with Gasteiger partial charge >= 0.3 is 12.1 Å². The summed E-state index contributed by atoms with van der Waals surface area (Å²) in [5.74, 6) is 0.0407. The molecule has 0 bridgehead atoms. The van der Waals surface area contributed by atoms with E-state index in [1.54, 1.807) is 12.1 Å². The number of aromatic nitrogens is 1. The molecule has 1 N–H and O–H groups in total. The largest absolute Gasteiger partial charge is 0.444 e. The third-order valence-electron chi connectivity index (χ3n) is 3.24. The van der Waals surface area contributed by atoms with Gasteiger partial charge in [-0.15, -0.1) is 0 Å². The monoisotopic (exact) mass is 304 g/mol. The summed E-state index contributed by atoms with van der Waals surface area (Å²) in [6.45, 7) is 0.635. The van der Waals surface area contributed by atoms with Crippen molar-refractivity contribution in [1.29, 1.82) is 0 Å². The van der Waals surface area contributed by atoms with Crippen LogP contribution < -0.4 is 15.0 Å². The van der Waals surface area contributed by atoms with Crippen molar-refractivity contribution >= 4 is 23.6 Å². The van der Waals surface area contributed by atoms with E-state index in [1.807, 2.05) is 0 Å². The number of hydrogen-bond donors (Lipinski definition) is 1. The number of pyridine rings is 1. The summed E-state index contributed by atoms with van der Waals surface area (Å²) in [6, 6.07) is 3.33. The smallest absolute Gasteiger partial charge is 0.415 e. The number of nitrogens with zero attached hydrogens (tertiary/aromatic N) is 5. The van der Waals surface area contributed by atoms with Gasteiger partial charge < -0.3 is 14.8 Å². The van der Waals surface area contributed by atoms with Crippen molar-refractivity contribution in [2.24, 2.45) is 5.11 Å². The first-order chi connectivity index (χ1) is 10.7. The van der Waals surface area contributed by atoms with E-state index in [4.69, 9.17) is 15.0 Å². The maximum atomic E-state index is 11.9. The molecule has 10 heteroatoms. The molecule has 1 aromatic rings. The summed E-state index contributed by atoms with van der Waals surface area (Å²) in [6.07, 6.45) is -0.460. The molecule has 1 unspecified atom stereocenters. The number of hydrogen-bond acceptors (Lipinski definition) is 7. The van der Waals surface area contributed by atoms with Crippen LogP contribution in [0.1, 0.15) is 6.42 Å². The lowest BCUT2D eigenvalue weighted by Crippen LogP contribution is -2.28. The molecular formula is C12H12N6O4. The van der Waals surface area contributed by atoms with E-state index < -0.39 is 12.1 Å². The van der Waals surface area contributed by atoms with Gasteiger partial charge in [-0.25, -0.2) is 9.59 Å². The molecule has 1 atom stereocenters. The van der Waals surface area contributed by atoms with Crippen LogP contribution in [0.5, 0.6) is 5.88 Å². The van der Waals surface area contributed by atoms with Crippen molar-refractivity contribution < 1.29 is 19.1 Å². The highest BCUT2D eigenvalue weighted by molar-refractivity contribution is 5.89. The predicted octanol–water partition coefficient (Wildman–Crippen LogP) is 1.44. The van der Waals surface area contributed by atoms with Crippen LogP contribution in [-0.4, -0.2) is 42.8 Å². The summed E-state index contributed by atoms with van der Waals surface area (Å²) in [7, 11) is 0. The van der Waals surface area contributed by atoms with Crippen LogP contribution in [-0.2, 0) is 9.53 Å². The molecule has 0 radical (unpaired) electrons. The van der Waals surface area contributed by atoms with Crippen molar-refractivity contribution in [2.75, 3.05) is 29.9 Å².